The first kappa shape index (κ1) is 13.6. The standard InChI is InChI=1S/C13H18N2OS2/c1-3-14-9-5-6-10(14)7-8-11-12(16)15(4-2)13(17)18-11/h7-8H,3-6,9H2,1-2H3. The van der Waals surface area contributed by atoms with Crippen molar-refractivity contribution in [2.24, 2.45) is 0 Å². The molecule has 0 saturated carbocycles. The van der Waals surface area contributed by atoms with Crippen LogP contribution in [-0.2, 0) is 4.79 Å². The molecule has 0 aromatic heterocycles. The van der Waals surface area contributed by atoms with E-state index in [2.05, 4.69) is 17.9 Å². The highest BCUT2D eigenvalue weighted by molar-refractivity contribution is 8.26. The number of thiocarbonyl (C=S) groups is 1. The highest BCUT2D eigenvalue weighted by atomic mass is 32.2. The SMILES string of the molecule is CCN1CCCC1=CC=C1SC(=S)N(CC)C1=O. The van der Waals surface area contributed by atoms with Crippen molar-refractivity contribution in [3.05, 3.63) is 22.8 Å². The van der Waals surface area contributed by atoms with Crippen LogP contribution in [0.25, 0.3) is 0 Å². The van der Waals surface area contributed by atoms with E-state index in [1.165, 1.54) is 23.9 Å². The summed E-state index contributed by atoms with van der Waals surface area (Å²) in [6.45, 7) is 6.93. The molecular weight excluding hydrogens is 264 g/mol. The van der Waals surface area contributed by atoms with Crippen molar-refractivity contribution in [2.45, 2.75) is 26.7 Å². The van der Waals surface area contributed by atoms with E-state index in [0.717, 1.165) is 24.4 Å². The first-order chi connectivity index (χ1) is 8.67. The molecule has 2 fully saturated rings. The lowest BCUT2D eigenvalue weighted by molar-refractivity contribution is -0.122. The number of likely N-dealkylation sites (tertiary alicyclic amines) is 1. The minimum Gasteiger partial charge on any atom is -0.375 e. The zero-order valence-electron chi connectivity index (χ0n) is 10.8. The first-order valence-corrected chi connectivity index (χ1v) is 7.59. The van der Waals surface area contributed by atoms with E-state index in [1.54, 1.807) is 4.90 Å². The summed E-state index contributed by atoms with van der Waals surface area (Å²) < 4.78 is 0.672. The number of rotatable bonds is 3. The number of hydrogen-bond donors (Lipinski definition) is 0. The summed E-state index contributed by atoms with van der Waals surface area (Å²) in [5.74, 6) is 0.0467. The molecule has 0 unspecified atom stereocenters. The number of allylic oxidation sites excluding steroid dienone is 3. The molecule has 2 aliphatic rings. The largest absolute Gasteiger partial charge is 0.375 e. The Morgan fingerprint density at radius 1 is 1.33 bits per heavy atom. The van der Waals surface area contributed by atoms with Gasteiger partial charge in [-0.2, -0.15) is 0 Å². The average Bonchev–Trinajstić information content (AvgIpc) is 2.91. The normalized spacial score (nSPS) is 25.0. The van der Waals surface area contributed by atoms with Gasteiger partial charge in [0.1, 0.15) is 4.32 Å². The van der Waals surface area contributed by atoms with Gasteiger partial charge in [-0.05, 0) is 38.8 Å². The lowest BCUT2D eigenvalue weighted by Crippen LogP contribution is -2.27. The van der Waals surface area contributed by atoms with E-state index >= 15 is 0 Å². The van der Waals surface area contributed by atoms with Crippen LogP contribution in [0, 0.1) is 0 Å². The number of carbonyl (C=O) groups is 1. The fourth-order valence-corrected chi connectivity index (χ4v) is 3.59. The molecule has 5 heteroatoms. The molecule has 2 rings (SSSR count). The lowest BCUT2D eigenvalue weighted by atomic mass is 10.3. The molecule has 0 atom stereocenters. The van der Waals surface area contributed by atoms with E-state index < -0.39 is 0 Å². The summed E-state index contributed by atoms with van der Waals surface area (Å²) in [7, 11) is 0. The molecule has 2 heterocycles. The van der Waals surface area contributed by atoms with Gasteiger partial charge in [0, 0.05) is 25.3 Å². The predicted octanol–water partition coefficient (Wildman–Crippen LogP) is 2.75. The minimum atomic E-state index is 0.0467. The van der Waals surface area contributed by atoms with Crippen LogP contribution in [0.4, 0.5) is 0 Å². The highest BCUT2D eigenvalue weighted by Gasteiger charge is 2.30. The van der Waals surface area contributed by atoms with Crippen LogP contribution in [0.3, 0.4) is 0 Å². The molecule has 0 aromatic carbocycles. The summed E-state index contributed by atoms with van der Waals surface area (Å²) >= 11 is 6.59. The number of thioether (sulfide) groups is 1. The molecule has 0 radical (unpaired) electrons. The Balaban J connectivity index is 2.13. The predicted molar refractivity (Wildman–Crippen MR) is 80.2 cm³/mol. The first-order valence-electron chi connectivity index (χ1n) is 6.36. The van der Waals surface area contributed by atoms with Crippen molar-refractivity contribution in [1.82, 2.24) is 9.80 Å². The maximum atomic E-state index is 12.0. The second-order valence-electron chi connectivity index (χ2n) is 4.29. The third kappa shape index (κ3) is 2.62. The van der Waals surface area contributed by atoms with Crippen molar-refractivity contribution < 1.29 is 4.79 Å². The van der Waals surface area contributed by atoms with Crippen LogP contribution in [0.2, 0.25) is 0 Å². The molecule has 2 aliphatic heterocycles. The van der Waals surface area contributed by atoms with Crippen LogP contribution in [-0.4, -0.2) is 39.7 Å². The maximum Gasteiger partial charge on any atom is 0.266 e. The van der Waals surface area contributed by atoms with E-state index in [0.29, 0.717) is 10.9 Å². The monoisotopic (exact) mass is 282 g/mol. The summed E-state index contributed by atoms with van der Waals surface area (Å²) in [5.41, 5.74) is 1.33. The Morgan fingerprint density at radius 2 is 2.11 bits per heavy atom. The van der Waals surface area contributed by atoms with Crippen LogP contribution < -0.4 is 0 Å². The highest BCUT2D eigenvalue weighted by Crippen LogP contribution is 2.31. The van der Waals surface area contributed by atoms with E-state index in [1.807, 2.05) is 13.0 Å². The molecule has 18 heavy (non-hydrogen) atoms. The van der Waals surface area contributed by atoms with Gasteiger partial charge in [-0.1, -0.05) is 24.0 Å². The van der Waals surface area contributed by atoms with Crippen LogP contribution in [0.15, 0.2) is 22.8 Å². The van der Waals surface area contributed by atoms with Crippen molar-refractivity contribution in [3.63, 3.8) is 0 Å². The molecule has 0 N–H and O–H groups in total. The number of amides is 1. The average molecular weight is 282 g/mol. The van der Waals surface area contributed by atoms with Gasteiger partial charge in [-0.3, -0.25) is 9.69 Å². The molecule has 0 aromatic rings. The Morgan fingerprint density at radius 3 is 2.72 bits per heavy atom. The van der Waals surface area contributed by atoms with Gasteiger partial charge in [0.15, 0.2) is 0 Å². The second kappa shape index (κ2) is 5.89. The third-order valence-electron chi connectivity index (χ3n) is 3.27. The number of carbonyl (C=O) groups excluding carboxylic acids is 1. The molecule has 3 nitrogen and oxygen atoms in total. The van der Waals surface area contributed by atoms with Gasteiger partial charge in [0.25, 0.3) is 5.91 Å². The molecule has 0 aliphatic carbocycles. The van der Waals surface area contributed by atoms with E-state index in [9.17, 15) is 4.79 Å². The topological polar surface area (TPSA) is 23.6 Å². The summed E-state index contributed by atoms with van der Waals surface area (Å²) in [6, 6.07) is 0. The Bertz CT molecular complexity index is 429. The van der Waals surface area contributed by atoms with Crippen molar-refractivity contribution >= 4 is 34.2 Å². The Kier molecular flexibility index (Phi) is 4.45. The van der Waals surface area contributed by atoms with Gasteiger partial charge >= 0.3 is 0 Å². The van der Waals surface area contributed by atoms with Gasteiger partial charge in [0.05, 0.1) is 4.91 Å². The maximum absolute atomic E-state index is 12.0. The van der Waals surface area contributed by atoms with Crippen LogP contribution >= 0.6 is 24.0 Å². The quantitative estimate of drug-likeness (QED) is 0.586. The number of likely N-dealkylation sites (N-methyl/N-ethyl adjacent to an activating group) is 1. The zero-order valence-corrected chi connectivity index (χ0v) is 12.4. The summed E-state index contributed by atoms with van der Waals surface area (Å²) in [4.78, 5) is 16.8. The molecular formula is C13H18N2OS2. The Hall–Kier alpha value is -0.810. The van der Waals surface area contributed by atoms with E-state index in [4.69, 9.17) is 12.2 Å². The Labute approximate surface area is 118 Å². The van der Waals surface area contributed by atoms with E-state index in [-0.39, 0.29) is 5.91 Å². The second-order valence-corrected chi connectivity index (χ2v) is 5.97. The van der Waals surface area contributed by atoms with Crippen LogP contribution in [0.1, 0.15) is 26.7 Å². The van der Waals surface area contributed by atoms with Gasteiger partial charge in [-0.15, -0.1) is 0 Å². The lowest BCUT2D eigenvalue weighted by Gasteiger charge is -2.16. The minimum absolute atomic E-state index is 0.0467. The van der Waals surface area contributed by atoms with Crippen molar-refractivity contribution in [2.75, 3.05) is 19.6 Å². The molecule has 1 amide bonds. The fraction of sp³-hybridized carbons (Fsp3) is 0.538. The molecule has 2 saturated heterocycles. The van der Waals surface area contributed by atoms with Gasteiger partial charge < -0.3 is 4.90 Å². The summed E-state index contributed by atoms with van der Waals surface area (Å²) in [5, 5.41) is 0. The van der Waals surface area contributed by atoms with Gasteiger partial charge in [-0.25, -0.2) is 0 Å². The van der Waals surface area contributed by atoms with Crippen molar-refractivity contribution in [1.29, 1.82) is 0 Å². The third-order valence-corrected chi connectivity index (χ3v) is 4.66. The van der Waals surface area contributed by atoms with Crippen molar-refractivity contribution in [3.8, 4) is 0 Å². The molecule has 0 bridgehead atoms. The molecule has 98 valence electrons. The fourth-order valence-electron chi connectivity index (χ4n) is 2.26. The summed E-state index contributed by atoms with van der Waals surface area (Å²) in [6.07, 6.45) is 6.33. The number of hydrogen-bond acceptors (Lipinski definition) is 4. The zero-order chi connectivity index (χ0) is 13.1. The van der Waals surface area contributed by atoms with Crippen LogP contribution in [0.5, 0.6) is 0 Å². The number of nitrogens with zero attached hydrogens (tertiary/aromatic N) is 2. The molecule has 0 spiro atoms. The smallest absolute Gasteiger partial charge is 0.266 e. The van der Waals surface area contributed by atoms with Gasteiger partial charge in [0.2, 0.25) is 0 Å².